The number of pyridine rings is 1. The first-order valence-corrected chi connectivity index (χ1v) is 15.7. The first-order chi connectivity index (χ1) is 23.3. The third kappa shape index (κ3) is 9.02. The van der Waals surface area contributed by atoms with Crippen LogP contribution in [0.3, 0.4) is 0 Å². The Labute approximate surface area is 282 Å². The second kappa shape index (κ2) is 14.9. The highest BCUT2D eigenvalue weighted by atomic mass is 19.1. The molecule has 1 saturated heterocycles. The fraction of sp³-hybridized carbons (Fsp3) is 0.297. The third-order valence-corrected chi connectivity index (χ3v) is 7.91. The number of carbonyl (C=O) groups is 3. The van der Waals surface area contributed by atoms with Crippen LogP contribution in [0, 0.1) is 17.5 Å². The molecule has 3 aromatic carbocycles. The maximum Gasteiger partial charge on any atom is 0.411 e. The lowest BCUT2D eigenvalue weighted by Gasteiger charge is -2.29. The van der Waals surface area contributed by atoms with Crippen molar-refractivity contribution in [2.24, 2.45) is 5.73 Å². The number of amides is 3. The van der Waals surface area contributed by atoms with Gasteiger partial charge in [0.1, 0.15) is 29.1 Å². The van der Waals surface area contributed by atoms with Crippen LogP contribution in [0.5, 0.6) is 0 Å². The number of nitrogens with zero attached hydrogens (tertiary/aromatic N) is 2. The highest BCUT2D eigenvalue weighted by Gasteiger charge is 2.43. The van der Waals surface area contributed by atoms with E-state index in [0.29, 0.717) is 11.1 Å². The topological polar surface area (TPSA) is 124 Å². The highest BCUT2D eigenvalue weighted by molar-refractivity contribution is 5.94. The summed E-state index contributed by atoms with van der Waals surface area (Å²) in [5.74, 6) is -3.98. The van der Waals surface area contributed by atoms with Gasteiger partial charge in [-0.25, -0.2) is 18.0 Å². The number of carbonyl (C=O) groups excluding carboxylic acids is 3. The first kappa shape index (κ1) is 35.1. The van der Waals surface area contributed by atoms with Crippen LogP contribution in [-0.4, -0.2) is 52.1 Å². The van der Waals surface area contributed by atoms with Gasteiger partial charge < -0.3 is 20.5 Å². The number of hydrogen-bond acceptors (Lipinski definition) is 6. The molecule has 1 aromatic heterocycles. The molecule has 0 saturated carbocycles. The molecule has 3 atom stereocenters. The monoisotopic (exact) mass is 674 g/mol. The normalized spacial score (nSPS) is 16.7. The van der Waals surface area contributed by atoms with Gasteiger partial charge in [0, 0.05) is 24.2 Å². The lowest BCUT2D eigenvalue weighted by Crippen LogP contribution is -2.48. The summed E-state index contributed by atoms with van der Waals surface area (Å²) < 4.78 is 54.8. The van der Waals surface area contributed by atoms with E-state index >= 15 is 0 Å². The number of hydrogen-bond donors (Lipinski definition) is 2. The Morgan fingerprint density at radius 1 is 0.959 bits per heavy atom. The predicted molar refractivity (Wildman–Crippen MR) is 175 cm³/mol. The minimum absolute atomic E-state index is 0.0833. The van der Waals surface area contributed by atoms with Gasteiger partial charge in [-0.1, -0.05) is 42.5 Å². The number of halogens is 3. The zero-order valence-corrected chi connectivity index (χ0v) is 27.3. The van der Waals surface area contributed by atoms with E-state index in [1.807, 2.05) is 30.3 Å². The molecule has 256 valence electrons. The molecule has 49 heavy (non-hydrogen) atoms. The molecule has 2 heterocycles. The van der Waals surface area contributed by atoms with E-state index in [9.17, 15) is 27.6 Å². The number of benzene rings is 3. The van der Waals surface area contributed by atoms with Gasteiger partial charge in [-0.15, -0.1) is 0 Å². The van der Waals surface area contributed by atoms with Crippen LogP contribution < -0.4 is 11.1 Å². The van der Waals surface area contributed by atoms with Crippen molar-refractivity contribution in [3.05, 3.63) is 125 Å². The van der Waals surface area contributed by atoms with Gasteiger partial charge in [-0.05, 0) is 74.2 Å². The van der Waals surface area contributed by atoms with E-state index in [2.05, 4.69) is 10.3 Å². The van der Waals surface area contributed by atoms with Gasteiger partial charge in [0.25, 0.3) is 5.91 Å². The second-order valence-electron chi connectivity index (χ2n) is 12.8. The molecular formula is C37H37F3N4O5. The number of likely N-dealkylation sites (tertiary alicyclic amines) is 1. The summed E-state index contributed by atoms with van der Waals surface area (Å²) in [6.45, 7) is 5.50. The minimum Gasteiger partial charge on any atom is -0.444 e. The van der Waals surface area contributed by atoms with Gasteiger partial charge in [0.15, 0.2) is 0 Å². The molecule has 3 unspecified atom stereocenters. The number of aromatic nitrogens is 1. The van der Waals surface area contributed by atoms with Crippen molar-refractivity contribution in [3.63, 3.8) is 0 Å². The van der Waals surface area contributed by atoms with E-state index < -0.39 is 59.1 Å². The second-order valence-corrected chi connectivity index (χ2v) is 12.8. The molecule has 3 N–H and O–H groups in total. The van der Waals surface area contributed by atoms with Crippen molar-refractivity contribution < 1.29 is 37.0 Å². The summed E-state index contributed by atoms with van der Waals surface area (Å²) in [7, 11) is 0. The number of nitrogens with two attached hydrogens (primary N) is 1. The van der Waals surface area contributed by atoms with Crippen molar-refractivity contribution in [1.29, 1.82) is 0 Å². The van der Waals surface area contributed by atoms with Crippen LogP contribution in [0.2, 0.25) is 0 Å². The maximum absolute atomic E-state index is 14.4. The molecule has 0 aliphatic carbocycles. The zero-order valence-electron chi connectivity index (χ0n) is 27.3. The standard InChI is InChI=1S/C37H37F3N4O5/c1-37(2,3)49-36(47)44-20-27(48-21-22-8-5-4-6-9-22)19-32(44)35(46)43-31(16-23-14-25(38)18-26(39)15-23)33-28(10-7-13-42-33)24-11-12-30(40)29(17-24)34(41)45/h4-15,17-18,27,31-32H,16,19-21H2,1-3H3,(H2,41,45)(H,43,46). The molecule has 0 spiro atoms. The summed E-state index contributed by atoms with van der Waals surface area (Å²) >= 11 is 0. The number of primary amides is 1. The number of rotatable bonds is 10. The van der Waals surface area contributed by atoms with E-state index in [1.54, 1.807) is 32.9 Å². The summed E-state index contributed by atoms with van der Waals surface area (Å²) in [6.07, 6.45) is 0.302. The molecule has 3 amide bonds. The van der Waals surface area contributed by atoms with Gasteiger partial charge in [-0.2, -0.15) is 0 Å². The molecule has 9 nitrogen and oxygen atoms in total. The smallest absolute Gasteiger partial charge is 0.411 e. The van der Waals surface area contributed by atoms with Gasteiger partial charge in [-0.3, -0.25) is 19.5 Å². The Morgan fingerprint density at radius 3 is 2.35 bits per heavy atom. The Kier molecular flexibility index (Phi) is 10.7. The molecule has 0 radical (unpaired) electrons. The first-order valence-electron chi connectivity index (χ1n) is 15.7. The van der Waals surface area contributed by atoms with Crippen molar-refractivity contribution in [2.75, 3.05) is 6.54 Å². The molecule has 5 rings (SSSR count). The van der Waals surface area contributed by atoms with Crippen LogP contribution in [0.25, 0.3) is 11.1 Å². The molecule has 1 fully saturated rings. The van der Waals surface area contributed by atoms with Gasteiger partial charge in [0.05, 0.1) is 36.6 Å². The van der Waals surface area contributed by atoms with Crippen LogP contribution in [0.15, 0.2) is 85.1 Å². The molecule has 1 aliphatic heterocycles. The summed E-state index contributed by atoms with van der Waals surface area (Å²) in [6, 6.07) is 17.5. The predicted octanol–water partition coefficient (Wildman–Crippen LogP) is 6.26. The molecule has 4 aromatic rings. The van der Waals surface area contributed by atoms with Crippen LogP contribution in [-0.2, 0) is 27.3 Å². The average molecular weight is 675 g/mol. The van der Waals surface area contributed by atoms with Crippen molar-refractivity contribution >= 4 is 17.9 Å². The van der Waals surface area contributed by atoms with Crippen LogP contribution >= 0.6 is 0 Å². The fourth-order valence-corrected chi connectivity index (χ4v) is 5.75. The van der Waals surface area contributed by atoms with E-state index in [-0.39, 0.29) is 42.8 Å². The summed E-state index contributed by atoms with van der Waals surface area (Å²) in [5, 5.41) is 2.95. The minimum atomic E-state index is -1.03. The maximum atomic E-state index is 14.4. The molecule has 1 aliphatic rings. The lowest BCUT2D eigenvalue weighted by atomic mass is 9.94. The Hall–Kier alpha value is -5.23. The van der Waals surface area contributed by atoms with E-state index in [1.165, 1.54) is 23.2 Å². The number of ether oxygens (including phenoxy) is 2. The molecular weight excluding hydrogens is 637 g/mol. The van der Waals surface area contributed by atoms with E-state index in [0.717, 1.165) is 29.8 Å². The average Bonchev–Trinajstić information content (AvgIpc) is 3.48. The largest absolute Gasteiger partial charge is 0.444 e. The Balaban J connectivity index is 1.49. The molecule has 0 bridgehead atoms. The fourth-order valence-electron chi connectivity index (χ4n) is 5.75. The van der Waals surface area contributed by atoms with Gasteiger partial charge in [0.2, 0.25) is 5.91 Å². The lowest BCUT2D eigenvalue weighted by molar-refractivity contribution is -0.126. The summed E-state index contributed by atoms with van der Waals surface area (Å²) in [5.41, 5.74) is 6.39. The van der Waals surface area contributed by atoms with Gasteiger partial charge >= 0.3 is 6.09 Å². The Bertz CT molecular complexity index is 1810. The van der Waals surface area contributed by atoms with Crippen molar-refractivity contribution in [2.45, 2.75) is 64.0 Å². The summed E-state index contributed by atoms with van der Waals surface area (Å²) in [4.78, 5) is 45.3. The van der Waals surface area contributed by atoms with Crippen molar-refractivity contribution in [3.8, 4) is 11.1 Å². The zero-order chi connectivity index (χ0) is 35.3. The van der Waals surface area contributed by atoms with Crippen LogP contribution in [0.1, 0.15) is 60.4 Å². The molecule has 12 heteroatoms. The Morgan fingerprint density at radius 2 is 1.67 bits per heavy atom. The third-order valence-electron chi connectivity index (χ3n) is 7.91. The van der Waals surface area contributed by atoms with Crippen molar-refractivity contribution in [1.82, 2.24) is 15.2 Å². The highest BCUT2D eigenvalue weighted by Crippen LogP contribution is 2.32. The quantitative estimate of drug-likeness (QED) is 0.205. The van der Waals surface area contributed by atoms with E-state index in [4.69, 9.17) is 15.2 Å². The van der Waals surface area contributed by atoms with Crippen LogP contribution in [0.4, 0.5) is 18.0 Å². The SMILES string of the molecule is CC(C)(C)OC(=O)N1CC(OCc2ccccc2)CC1C(=O)NC(Cc1cc(F)cc(F)c1)c1ncccc1-c1ccc(F)c(C(N)=O)c1. The number of nitrogens with one attached hydrogen (secondary N) is 1.